The van der Waals surface area contributed by atoms with Crippen molar-refractivity contribution in [3.05, 3.63) is 23.8 Å². The average molecular weight is 256 g/mol. The molecule has 0 fully saturated rings. The van der Waals surface area contributed by atoms with Crippen molar-refractivity contribution in [2.24, 2.45) is 0 Å². The van der Waals surface area contributed by atoms with Crippen LogP contribution < -0.4 is 4.74 Å². The zero-order valence-corrected chi connectivity index (χ0v) is 10.8. The molecule has 5 heteroatoms. The normalized spacial score (nSPS) is 10.2. The zero-order valence-electron chi connectivity index (χ0n) is 9.93. The highest BCUT2D eigenvalue weighted by molar-refractivity contribution is 7.99. The van der Waals surface area contributed by atoms with E-state index in [1.54, 1.807) is 25.3 Å². The lowest BCUT2D eigenvalue weighted by Gasteiger charge is -2.11. The third-order valence-electron chi connectivity index (χ3n) is 2.05. The Bertz CT molecular complexity index is 379. The summed E-state index contributed by atoms with van der Waals surface area (Å²) >= 11 is 1.49. The molecule has 0 heterocycles. The Hall–Kier alpha value is -1.20. The molecule has 1 rings (SSSR count). The quantitative estimate of drug-likeness (QED) is 0.600. The van der Waals surface area contributed by atoms with Crippen molar-refractivity contribution >= 4 is 17.7 Å². The van der Waals surface area contributed by atoms with Crippen molar-refractivity contribution in [2.75, 3.05) is 26.1 Å². The standard InChI is InChI=1S/C12H16O4S/c1-3-17-10-6-4-5-9(11(10)12(13)14)16-8-7-15-2/h4-6H,3,7-8H2,1-2H3,(H,13,14). The molecule has 0 aromatic heterocycles. The fourth-order valence-corrected chi connectivity index (χ4v) is 2.17. The second-order valence-electron chi connectivity index (χ2n) is 3.21. The third kappa shape index (κ3) is 3.94. The van der Waals surface area contributed by atoms with E-state index in [1.165, 1.54) is 11.8 Å². The predicted octanol–water partition coefficient (Wildman–Crippen LogP) is 2.52. The van der Waals surface area contributed by atoms with Crippen LogP contribution >= 0.6 is 11.8 Å². The second kappa shape index (κ2) is 7.19. The molecule has 17 heavy (non-hydrogen) atoms. The zero-order chi connectivity index (χ0) is 12.7. The maximum atomic E-state index is 11.2. The lowest BCUT2D eigenvalue weighted by Crippen LogP contribution is -2.09. The molecule has 94 valence electrons. The fourth-order valence-electron chi connectivity index (χ4n) is 1.35. The van der Waals surface area contributed by atoms with Gasteiger partial charge in [0, 0.05) is 12.0 Å². The number of carboxylic acids is 1. The molecule has 0 radical (unpaired) electrons. The van der Waals surface area contributed by atoms with Gasteiger partial charge >= 0.3 is 5.97 Å². The van der Waals surface area contributed by atoms with Crippen molar-refractivity contribution in [3.8, 4) is 5.75 Å². The van der Waals surface area contributed by atoms with Crippen LogP contribution in [0.3, 0.4) is 0 Å². The van der Waals surface area contributed by atoms with Crippen LogP contribution in [0.1, 0.15) is 17.3 Å². The number of hydrogen-bond acceptors (Lipinski definition) is 4. The Labute approximate surface area is 105 Å². The summed E-state index contributed by atoms with van der Waals surface area (Å²) in [4.78, 5) is 12.0. The van der Waals surface area contributed by atoms with Gasteiger partial charge in [0.05, 0.1) is 6.61 Å². The smallest absolute Gasteiger partial charge is 0.340 e. The van der Waals surface area contributed by atoms with E-state index in [1.807, 2.05) is 6.92 Å². The van der Waals surface area contributed by atoms with Crippen molar-refractivity contribution in [3.63, 3.8) is 0 Å². The Morgan fingerprint density at radius 1 is 1.41 bits per heavy atom. The largest absolute Gasteiger partial charge is 0.490 e. The fraction of sp³-hybridized carbons (Fsp3) is 0.417. The number of thioether (sulfide) groups is 1. The lowest BCUT2D eigenvalue weighted by molar-refractivity contribution is 0.0685. The molecule has 0 aliphatic heterocycles. The summed E-state index contributed by atoms with van der Waals surface area (Å²) < 4.78 is 10.3. The van der Waals surface area contributed by atoms with E-state index in [0.717, 1.165) is 10.6 Å². The van der Waals surface area contributed by atoms with E-state index in [4.69, 9.17) is 9.47 Å². The van der Waals surface area contributed by atoms with Crippen molar-refractivity contribution < 1.29 is 19.4 Å². The first-order chi connectivity index (χ1) is 8.20. The molecule has 0 aliphatic carbocycles. The number of hydrogen-bond donors (Lipinski definition) is 1. The molecular formula is C12H16O4S. The predicted molar refractivity (Wildman–Crippen MR) is 67.2 cm³/mol. The second-order valence-corrected chi connectivity index (χ2v) is 4.51. The van der Waals surface area contributed by atoms with Crippen molar-refractivity contribution in [2.45, 2.75) is 11.8 Å². The molecule has 4 nitrogen and oxygen atoms in total. The molecule has 0 aliphatic rings. The molecule has 1 aromatic rings. The summed E-state index contributed by atoms with van der Waals surface area (Å²) in [5.74, 6) is 0.254. The molecule has 1 N–H and O–H groups in total. The Balaban J connectivity index is 2.94. The summed E-state index contributed by atoms with van der Waals surface area (Å²) in [5.41, 5.74) is 0.232. The molecule has 0 atom stereocenters. The van der Waals surface area contributed by atoms with Crippen LogP contribution in [0, 0.1) is 0 Å². The maximum absolute atomic E-state index is 11.2. The first-order valence-electron chi connectivity index (χ1n) is 5.31. The summed E-state index contributed by atoms with van der Waals surface area (Å²) in [6.07, 6.45) is 0. The van der Waals surface area contributed by atoms with Gasteiger partial charge in [0.1, 0.15) is 17.9 Å². The molecule has 0 saturated carbocycles. The van der Waals surface area contributed by atoms with Gasteiger partial charge in [0.25, 0.3) is 0 Å². The van der Waals surface area contributed by atoms with E-state index in [9.17, 15) is 9.90 Å². The summed E-state index contributed by atoms with van der Waals surface area (Å²) in [5, 5.41) is 9.21. The minimum Gasteiger partial charge on any atom is -0.490 e. The van der Waals surface area contributed by atoms with Crippen LogP contribution in [0.2, 0.25) is 0 Å². The monoisotopic (exact) mass is 256 g/mol. The molecular weight excluding hydrogens is 240 g/mol. The molecule has 0 bridgehead atoms. The molecule has 0 saturated heterocycles. The SMILES string of the molecule is CCSc1cccc(OCCOC)c1C(=O)O. The number of rotatable bonds is 7. The summed E-state index contributed by atoms with van der Waals surface area (Å²) in [6, 6.07) is 5.26. The number of aromatic carboxylic acids is 1. The lowest BCUT2D eigenvalue weighted by atomic mass is 10.2. The third-order valence-corrected chi connectivity index (χ3v) is 2.99. The average Bonchev–Trinajstić information content (AvgIpc) is 2.29. The Morgan fingerprint density at radius 2 is 2.18 bits per heavy atom. The van der Waals surface area contributed by atoms with Crippen LogP contribution in [0.25, 0.3) is 0 Å². The van der Waals surface area contributed by atoms with E-state index < -0.39 is 5.97 Å². The van der Waals surface area contributed by atoms with E-state index >= 15 is 0 Å². The topological polar surface area (TPSA) is 55.8 Å². The van der Waals surface area contributed by atoms with Gasteiger partial charge in [-0.2, -0.15) is 0 Å². The van der Waals surface area contributed by atoms with Crippen LogP contribution in [0.4, 0.5) is 0 Å². The Kier molecular flexibility index (Phi) is 5.86. The maximum Gasteiger partial charge on any atom is 0.340 e. The van der Waals surface area contributed by atoms with E-state index in [-0.39, 0.29) is 5.56 Å². The van der Waals surface area contributed by atoms with E-state index in [2.05, 4.69) is 0 Å². The highest BCUT2D eigenvalue weighted by Gasteiger charge is 2.16. The molecule has 0 spiro atoms. The minimum atomic E-state index is -0.964. The van der Waals surface area contributed by atoms with Crippen LogP contribution in [0.5, 0.6) is 5.75 Å². The number of ether oxygens (including phenoxy) is 2. The number of methoxy groups -OCH3 is 1. The van der Waals surface area contributed by atoms with Gasteiger partial charge in [-0.05, 0) is 17.9 Å². The highest BCUT2D eigenvalue weighted by Crippen LogP contribution is 2.30. The number of carboxylic acid groups (broad SMARTS) is 1. The van der Waals surface area contributed by atoms with Crippen LogP contribution in [-0.2, 0) is 4.74 Å². The Morgan fingerprint density at radius 3 is 2.76 bits per heavy atom. The summed E-state index contributed by atoms with van der Waals surface area (Å²) in [7, 11) is 1.57. The molecule has 0 amide bonds. The van der Waals surface area contributed by atoms with Gasteiger partial charge in [0.2, 0.25) is 0 Å². The van der Waals surface area contributed by atoms with Crippen LogP contribution in [-0.4, -0.2) is 37.2 Å². The van der Waals surface area contributed by atoms with Gasteiger partial charge in [-0.3, -0.25) is 0 Å². The van der Waals surface area contributed by atoms with Crippen LogP contribution in [0.15, 0.2) is 23.1 Å². The first kappa shape index (κ1) is 13.9. The highest BCUT2D eigenvalue weighted by atomic mass is 32.2. The summed E-state index contributed by atoms with van der Waals surface area (Å²) in [6.45, 7) is 2.76. The van der Waals surface area contributed by atoms with Crippen molar-refractivity contribution in [1.82, 2.24) is 0 Å². The number of carbonyl (C=O) groups is 1. The van der Waals surface area contributed by atoms with Gasteiger partial charge in [0.15, 0.2) is 0 Å². The number of benzene rings is 1. The molecule has 1 aromatic carbocycles. The van der Waals surface area contributed by atoms with Gasteiger partial charge in [-0.25, -0.2) is 4.79 Å². The molecule has 0 unspecified atom stereocenters. The van der Waals surface area contributed by atoms with Crippen molar-refractivity contribution in [1.29, 1.82) is 0 Å². The first-order valence-corrected chi connectivity index (χ1v) is 6.30. The van der Waals surface area contributed by atoms with Gasteiger partial charge in [-0.15, -0.1) is 11.8 Å². The van der Waals surface area contributed by atoms with Gasteiger partial charge in [-0.1, -0.05) is 13.0 Å². The van der Waals surface area contributed by atoms with E-state index in [0.29, 0.717) is 19.0 Å². The minimum absolute atomic E-state index is 0.232. The van der Waals surface area contributed by atoms with Gasteiger partial charge < -0.3 is 14.6 Å².